The first kappa shape index (κ1) is 15.0. The normalized spacial score (nSPS) is 16.6. The van der Waals surface area contributed by atoms with Gasteiger partial charge in [0.2, 0.25) is 0 Å². The van der Waals surface area contributed by atoms with Crippen LogP contribution in [-0.2, 0) is 11.8 Å². The van der Waals surface area contributed by atoms with Gasteiger partial charge in [0.05, 0.1) is 19.0 Å². The molecule has 1 aromatic rings. The second-order valence-electron chi connectivity index (χ2n) is 5.40. The van der Waals surface area contributed by atoms with Crippen molar-refractivity contribution in [3.63, 3.8) is 0 Å². The number of carboxylic acids is 1. The predicted molar refractivity (Wildman–Crippen MR) is 73.0 cm³/mol. The molecular formula is C13H17N3O5. The molecular weight excluding hydrogens is 278 g/mol. The first-order valence-corrected chi connectivity index (χ1v) is 6.69. The summed E-state index contributed by atoms with van der Waals surface area (Å²) in [4.78, 5) is 33.5. The monoisotopic (exact) mass is 295 g/mol. The van der Waals surface area contributed by atoms with Crippen molar-refractivity contribution in [3.8, 4) is 0 Å². The van der Waals surface area contributed by atoms with Gasteiger partial charge in [-0.15, -0.1) is 0 Å². The third-order valence-electron chi connectivity index (χ3n) is 3.94. The average Bonchev–Trinajstić information content (AvgIpc) is 2.95. The van der Waals surface area contributed by atoms with Crippen LogP contribution in [0.25, 0.3) is 0 Å². The highest BCUT2D eigenvalue weighted by Crippen LogP contribution is 2.33. The maximum Gasteiger partial charge on any atom is 0.323 e. The summed E-state index contributed by atoms with van der Waals surface area (Å²) in [7, 11) is 1.44. The van der Waals surface area contributed by atoms with Crippen LogP contribution in [0.5, 0.6) is 0 Å². The first-order valence-electron chi connectivity index (χ1n) is 6.69. The van der Waals surface area contributed by atoms with Crippen molar-refractivity contribution in [3.05, 3.63) is 27.9 Å². The lowest BCUT2D eigenvalue weighted by Crippen LogP contribution is -2.48. The topological polar surface area (TPSA) is 114 Å². The number of nitrogens with one attached hydrogen (secondary N) is 1. The van der Waals surface area contributed by atoms with Crippen molar-refractivity contribution < 1.29 is 19.6 Å². The van der Waals surface area contributed by atoms with Crippen molar-refractivity contribution in [2.75, 3.05) is 0 Å². The van der Waals surface area contributed by atoms with Gasteiger partial charge in [0.15, 0.2) is 5.69 Å². The number of aliphatic carboxylic acids is 1. The van der Waals surface area contributed by atoms with Gasteiger partial charge in [0, 0.05) is 6.07 Å². The van der Waals surface area contributed by atoms with Crippen molar-refractivity contribution in [2.24, 2.45) is 7.05 Å². The lowest BCUT2D eigenvalue weighted by Gasteiger charge is -2.28. The van der Waals surface area contributed by atoms with Crippen LogP contribution in [-0.4, -0.2) is 32.0 Å². The van der Waals surface area contributed by atoms with E-state index in [0.717, 1.165) is 12.8 Å². The zero-order valence-corrected chi connectivity index (χ0v) is 11.7. The van der Waals surface area contributed by atoms with Gasteiger partial charge in [-0.1, -0.05) is 12.8 Å². The molecule has 1 aromatic heterocycles. The lowest BCUT2D eigenvalue weighted by atomic mass is 9.93. The molecule has 0 aliphatic heterocycles. The molecule has 8 nitrogen and oxygen atoms in total. The second-order valence-corrected chi connectivity index (χ2v) is 5.40. The molecule has 114 valence electrons. The number of carbonyl (C=O) groups is 2. The molecule has 0 saturated heterocycles. The number of carbonyl (C=O) groups excluding carboxylic acids is 1. The van der Waals surface area contributed by atoms with Gasteiger partial charge in [-0.3, -0.25) is 9.59 Å². The van der Waals surface area contributed by atoms with Crippen LogP contribution < -0.4 is 5.32 Å². The van der Waals surface area contributed by atoms with Crippen molar-refractivity contribution >= 4 is 17.7 Å². The Hall–Kier alpha value is -2.38. The molecule has 2 N–H and O–H groups in total. The third kappa shape index (κ3) is 3.04. The maximum atomic E-state index is 12.3. The average molecular weight is 295 g/mol. The number of hydrogen-bond acceptors (Lipinski definition) is 4. The Morgan fingerprint density at radius 1 is 1.43 bits per heavy atom. The Kier molecular flexibility index (Phi) is 3.97. The van der Waals surface area contributed by atoms with E-state index in [1.807, 2.05) is 0 Å². The number of aromatic nitrogens is 1. The van der Waals surface area contributed by atoms with E-state index in [2.05, 4.69) is 5.32 Å². The quantitative estimate of drug-likeness (QED) is 0.630. The molecule has 0 radical (unpaired) electrons. The fraction of sp³-hybridized carbons (Fsp3) is 0.538. The summed E-state index contributed by atoms with van der Waals surface area (Å²) in [5, 5.41) is 22.6. The Bertz CT molecular complexity index is 587. The van der Waals surface area contributed by atoms with E-state index in [-0.39, 0.29) is 17.9 Å². The van der Waals surface area contributed by atoms with Crippen LogP contribution in [0, 0.1) is 10.1 Å². The number of hydrogen-bond donors (Lipinski definition) is 2. The van der Waals surface area contributed by atoms with E-state index < -0.39 is 22.3 Å². The Morgan fingerprint density at radius 3 is 2.52 bits per heavy atom. The fourth-order valence-electron chi connectivity index (χ4n) is 2.90. The van der Waals surface area contributed by atoms with Gasteiger partial charge in [-0.2, -0.15) is 0 Å². The highest BCUT2D eigenvalue weighted by molar-refractivity contribution is 5.94. The van der Waals surface area contributed by atoms with Crippen LogP contribution in [0.15, 0.2) is 12.1 Å². The zero-order chi connectivity index (χ0) is 15.6. The fourth-order valence-corrected chi connectivity index (χ4v) is 2.90. The van der Waals surface area contributed by atoms with Crippen molar-refractivity contribution in [1.82, 2.24) is 9.88 Å². The van der Waals surface area contributed by atoms with Gasteiger partial charge < -0.3 is 20.5 Å². The van der Waals surface area contributed by atoms with Crippen LogP contribution in [0.2, 0.25) is 0 Å². The minimum Gasteiger partial charge on any atom is -0.481 e. The van der Waals surface area contributed by atoms with Crippen LogP contribution in [0.3, 0.4) is 0 Å². The molecule has 1 fully saturated rings. The summed E-state index contributed by atoms with van der Waals surface area (Å²) in [5.74, 6) is -1.62. The highest BCUT2D eigenvalue weighted by Gasteiger charge is 2.38. The molecule has 0 spiro atoms. The number of amides is 1. The first-order chi connectivity index (χ1) is 9.84. The van der Waals surface area contributed by atoms with E-state index in [9.17, 15) is 19.7 Å². The Morgan fingerprint density at radius 2 is 2.05 bits per heavy atom. The largest absolute Gasteiger partial charge is 0.481 e. The number of rotatable bonds is 5. The summed E-state index contributed by atoms with van der Waals surface area (Å²) in [6.07, 6.45) is 2.81. The molecule has 1 heterocycles. The molecule has 21 heavy (non-hydrogen) atoms. The predicted octanol–water partition coefficient (Wildman–Crippen LogP) is 1.45. The SMILES string of the molecule is Cn1c(C(=O)NC2(CC(=O)O)CCCC2)ccc1[N+](=O)[O-]. The molecule has 8 heteroatoms. The molecule has 1 amide bonds. The Balaban J connectivity index is 2.20. The maximum absolute atomic E-state index is 12.3. The minimum atomic E-state index is -0.963. The van der Waals surface area contributed by atoms with Gasteiger partial charge in [0.1, 0.15) is 0 Å². The molecule has 0 unspecified atom stereocenters. The molecule has 1 saturated carbocycles. The third-order valence-corrected chi connectivity index (χ3v) is 3.94. The zero-order valence-electron chi connectivity index (χ0n) is 11.7. The standard InChI is InChI=1S/C13H17N3O5/c1-15-9(4-5-10(15)16(20)21)12(19)14-13(8-11(17)18)6-2-3-7-13/h4-5H,2-3,6-8H2,1H3,(H,14,19)(H,17,18). The molecule has 1 aliphatic carbocycles. The van der Waals surface area contributed by atoms with Crippen molar-refractivity contribution in [1.29, 1.82) is 0 Å². The lowest BCUT2D eigenvalue weighted by molar-refractivity contribution is -0.391. The van der Waals surface area contributed by atoms with Gasteiger partial charge in [-0.25, -0.2) is 4.57 Å². The summed E-state index contributed by atoms with van der Waals surface area (Å²) in [6, 6.07) is 2.63. The van der Waals surface area contributed by atoms with Crippen LogP contribution >= 0.6 is 0 Å². The second kappa shape index (κ2) is 5.55. The molecule has 0 aromatic carbocycles. The summed E-state index contributed by atoms with van der Waals surface area (Å²) in [5.41, 5.74) is -0.597. The van der Waals surface area contributed by atoms with Gasteiger partial charge in [0.25, 0.3) is 5.91 Å². The smallest absolute Gasteiger partial charge is 0.323 e. The highest BCUT2D eigenvalue weighted by atomic mass is 16.6. The van der Waals surface area contributed by atoms with E-state index in [1.54, 1.807) is 0 Å². The molecule has 0 atom stereocenters. The van der Waals surface area contributed by atoms with E-state index in [1.165, 1.54) is 23.7 Å². The van der Waals surface area contributed by atoms with Gasteiger partial charge >= 0.3 is 11.8 Å². The van der Waals surface area contributed by atoms with Gasteiger partial charge in [-0.05, 0) is 23.8 Å². The number of carboxylic acid groups (broad SMARTS) is 1. The summed E-state index contributed by atoms with van der Waals surface area (Å²) < 4.78 is 1.19. The molecule has 1 aliphatic rings. The van der Waals surface area contributed by atoms with Crippen molar-refractivity contribution in [2.45, 2.75) is 37.6 Å². The summed E-state index contributed by atoms with van der Waals surface area (Å²) >= 11 is 0. The van der Waals surface area contributed by atoms with E-state index in [4.69, 9.17) is 5.11 Å². The number of nitrogens with zero attached hydrogens (tertiary/aromatic N) is 2. The molecule has 0 bridgehead atoms. The van der Waals surface area contributed by atoms with Crippen LogP contribution in [0.1, 0.15) is 42.6 Å². The van der Waals surface area contributed by atoms with E-state index in [0.29, 0.717) is 12.8 Å². The van der Waals surface area contributed by atoms with Crippen LogP contribution in [0.4, 0.5) is 5.82 Å². The summed E-state index contributed by atoms with van der Waals surface area (Å²) in [6.45, 7) is 0. The minimum absolute atomic E-state index is 0.134. The van der Waals surface area contributed by atoms with E-state index >= 15 is 0 Å². The Labute approximate surface area is 120 Å². The molecule has 2 rings (SSSR count). The number of nitro groups is 1.